The summed E-state index contributed by atoms with van der Waals surface area (Å²) in [6, 6.07) is 2.60. The number of aromatic hydroxyl groups is 1. The van der Waals surface area contributed by atoms with E-state index in [2.05, 4.69) is 10.4 Å². The van der Waals surface area contributed by atoms with Crippen molar-refractivity contribution in [3.8, 4) is 5.75 Å². The van der Waals surface area contributed by atoms with E-state index in [-0.39, 0.29) is 39.1 Å². The van der Waals surface area contributed by atoms with Crippen molar-refractivity contribution in [1.82, 2.24) is 4.90 Å². The summed E-state index contributed by atoms with van der Waals surface area (Å²) >= 11 is 0. The molecule has 0 saturated carbocycles. The van der Waals surface area contributed by atoms with E-state index in [0.717, 1.165) is 18.2 Å². The summed E-state index contributed by atoms with van der Waals surface area (Å²) in [5, 5.41) is 27.1. The number of phenols is 1. The van der Waals surface area contributed by atoms with Crippen LogP contribution in [-0.2, 0) is 0 Å². The molecule has 3 atom stereocenters. The SMILES string of the molecule is Cc1oc2c(C3CCN(C)CC3N=O)c(N=O)cc(O)c2c(=O)c1C(O)c1cc(F)cc(F)c1. The van der Waals surface area contributed by atoms with E-state index < -0.39 is 40.9 Å². The molecule has 3 unspecified atom stereocenters. The molecule has 2 N–H and O–H groups in total. The fraction of sp³-hybridized carbons (Fsp3) is 0.348. The minimum Gasteiger partial charge on any atom is -0.507 e. The minimum absolute atomic E-state index is 0.0955. The maximum Gasteiger partial charge on any atom is 0.202 e. The summed E-state index contributed by atoms with van der Waals surface area (Å²) in [7, 11) is 1.81. The van der Waals surface area contributed by atoms with Gasteiger partial charge in [0.15, 0.2) is 0 Å². The molecule has 178 valence electrons. The predicted molar refractivity (Wildman–Crippen MR) is 119 cm³/mol. The molecule has 9 nitrogen and oxygen atoms in total. The topological polar surface area (TPSA) is 133 Å². The number of nitrogens with zero attached hydrogens (tertiary/aromatic N) is 3. The molecule has 0 radical (unpaired) electrons. The van der Waals surface area contributed by atoms with Gasteiger partial charge in [-0.1, -0.05) is 5.18 Å². The second kappa shape index (κ2) is 8.99. The number of phenolic OH excluding ortho intramolecular Hbond substituents is 1. The standard InChI is InChI=1S/C23H21F2N3O6/c1-10-18(21(30)11-5-12(24)7-13(25)6-11)22(31)20-17(29)8-15(26-32)19(23(20)34-10)14-3-4-28(2)9-16(14)27-33/h5-8,14,16,21,29-30H,3-4,9H2,1-2H3. The summed E-state index contributed by atoms with van der Waals surface area (Å²) in [5.74, 6) is -3.22. The first-order valence-electron chi connectivity index (χ1n) is 10.5. The van der Waals surface area contributed by atoms with Crippen molar-refractivity contribution in [3.63, 3.8) is 0 Å². The molecule has 0 aliphatic carbocycles. The van der Waals surface area contributed by atoms with Gasteiger partial charge in [-0.3, -0.25) is 4.79 Å². The number of likely N-dealkylation sites (N-methyl/N-ethyl adjacent to an activating group) is 1. The third-order valence-corrected chi connectivity index (χ3v) is 6.25. The van der Waals surface area contributed by atoms with Gasteiger partial charge in [0.05, 0.1) is 5.56 Å². The normalized spacial score (nSPS) is 19.8. The number of aliphatic hydroxyl groups excluding tert-OH is 1. The van der Waals surface area contributed by atoms with E-state index in [0.29, 0.717) is 25.6 Å². The van der Waals surface area contributed by atoms with Crippen LogP contribution in [0, 0.1) is 28.4 Å². The highest BCUT2D eigenvalue weighted by molar-refractivity contribution is 5.91. The Balaban J connectivity index is 1.98. The Hall–Kier alpha value is -3.57. The summed E-state index contributed by atoms with van der Waals surface area (Å²) in [4.78, 5) is 38.5. The van der Waals surface area contributed by atoms with Crippen LogP contribution >= 0.6 is 0 Å². The fourth-order valence-electron chi connectivity index (χ4n) is 4.66. The van der Waals surface area contributed by atoms with Crippen molar-refractivity contribution < 1.29 is 23.4 Å². The molecular weight excluding hydrogens is 452 g/mol. The zero-order valence-corrected chi connectivity index (χ0v) is 18.3. The lowest BCUT2D eigenvalue weighted by Crippen LogP contribution is -2.39. The Morgan fingerprint density at radius 2 is 1.85 bits per heavy atom. The lowest BCUT2D eigenvalue weighted by molar-refractivity contribution is 0.213. The molecule has 0 bridgehead atoms. The van der Waals surface area contributed by atoms with E-state index in [4.69, 9.17) is 4.42 Å². The van der Waals surface area contributed by atoms with Crippen molar-refractivity contribution >= 4 is 16.7 Å². The minimum atomic E-state index is -1.76. The Morgan fingerprint density at radius 1 is 1.18 bits per heavy atom. The number of piperidine rings is 1. The summed E-state index contributed by atoms with van der Waals surface area (Å²) in [6.45, 7) is 2.24. The second-order valence-corrected chi connectivity index (χ2v) is 8.46. The Labute approximate surface area is 191 Å². The van der Waals surface area contributed by atoms with Gasteiger partial charge < -0.3 is 19.5 Å². The van der Waals surface area contributed by atoms with Gasteiger partial charge in [-0.2, -0.15) is 4.91 Å². The first-order chi connectivity index (χ1) is 16.2. The van der Waals surface area contributed by atoms with Crippen LogP contribution in [0.5, 0.6) is 5.75 Å². The first kappa shape index (κ1) is 23.6. The molecule has 0 spiro atoms. The van der Waals surface area contributed by atoms with E-state index >= 15 is 0 Å². The van der Waals surface area contributed by atoms with Crippen molar-refractivity contribution in [2.75, 3.05) is 20.1 Å². The summed E-state index contributed by atoms with van der Waals surface area (Å²) in [6.07, 6.45) is -1.35. The van der Waals surface area contributed by atoms with Crippen LogP contribution in [0.15, 0.2) is 43.8 Å². The van der Waals surface area contributed by atoms with Gasteiger partial charge in [-0.15, -0.1) is 4.91 Å². The molecule has 4 rings (SSSR count). The van der Waals surface area contributed by atoms with Crippen LogP contribution in [0.2, 0.25) is 0 Å². The molecule has 1 aliphatic rings. The molecule has 0 amide bonds. The number of likely N-dealkylation sites (tertiary alicyclic amines) is 1. The maximum atomic E-state index is 13.7. The number of aliphatic hydroxyl groups is 1. The molecule has 2 heterocycles. The highest BCUT2D eigenvalue weighted by atomic mass is 19.1. The third kappa shape index (κ3) is 3.97. The van der Waals surface area contributed by atoms with E-state index in [1.807, 2.05) is 11.9 Å². The molecule has 34 heavy (non-hydrogen) atoms. The number of aryl methyl sites for hydroxylation is 1. The smallest absolute Gasteiger partial charge is 0.202 e. The average molecular weight is 473 g/mol. The first-order valence-corrected chi connectivity index (χ1v) is 10.5. The van der Waals surface area contributed by atoms with Gasteiger partial charge >= 0.3 is 0 Å². The number of hydrogen-bond acceptors (Lipinski definition) is 9. The van der Waals surface area contributed by atoms with Crippen molar-refractivity contribution in [1.29, 1.82) is 0 Å². The zero-order chi connectivity index (χ0) is 24.7. The van der Waals surface area contributed by atoms with Gasteiger partial charge in [0.25, 0.3) is 0 Å². The number of halogens is 2. The Morgan fingerprint density at radius 3 is 2.47 bits per heavy atom. The van der Waals surface area contributed by atoms with Crippen molar-refractivity contribution in [3.05, 3.63) is 78.4 Å². The van der Waals surface area contributed by atoms with Gasteiger partial charge in [0.1, 0.15) is 51.9 Å². The number of hydrogen-bond donors (Lipinski definition) is 2. The monoisotopic (exact) mass is 473 g/mol. The second-order valence-electron chi connectivity index (χ2n) is 8.46. The molecule has 1 aromatic heterocycles. The number of fused-ring (bicyclic) bond motifs is 1. The van der Waals surface area contributed by atoms with Crippen molar-refractivity contribution in [2.45, 2.75) is 31.4 Å². The molecule has 2 aromatic carbocycles. The van der Waals surface area contributed by atoms with Crippen LogP contribution < -0.4 is 5.43 Å². The lowest BCUT2D eigenvalue weighted by Gasteiger charge is -2.33. The molecule has 1 fully saturated rings. The van der Waals surface area contributed by atoms with E-state index in [9.17, 15) is 33.6 Å². The molecule has 1 saturated heterocycles. The van der Waals surface area contributed by atoms with Gasteiger partial charge in [0, 0.05) is 30.2 Å². The van der Waals surface area contributed by atoms with Crippen LogP contribution in [0.3, 0.4) is 0 Å². The van der Waals surface area contributed by atoms with E-state index in [1.54, 1.807) is 0 Å². The molecule has 1 aliphatic heterocycles. The van der Waals surface area contributed by atoms with Crippen LogP contribution in [0.1, 0.15) is 40.9 Å². The highest BCUT2D eigenvalue weighted by Crippen LogP contribution is 2.44. The zero-order valence-electron chi connectivity index (χ0n) is 18.3. The maximum absolute atomic E-state index is 13.7. The van der Waals surface area contributed by atoms with Gasteiger partial charge in [-0.25, -0.2) is 8.78 Å². The molecule has 3 aromatic rings. The van der Waals surface area contributed by atoms with E-state index in [1.165, 1.54) is 6.92 Å². The largest absolute Gasteiger partial charge is 0.507 e. The lowest BCUT2D eigenvalue weighted by atomic mass is 9.83. The fourth-order valence-corrected chi connectivity index (χ4v) is 4.66. The number of nitroso groups, excluding NO2 is 2. The van der Waals surface area contributed by atoms with Gasteiger partial charge in [0.2, 0.25) is 5.43 Å². The van der Waals surface area contributed by atoms with Gasteiger partial charge in [-0.05, 0) is 49.8 Å². The quantitative estimate of drug-likeness (QED) is 0.533. The molecule has 11 heteroatoms. The molecular formula is C23H21F2N3O6. The predicted octanol–water partition coefficient (Wildman–Crippen LogP) is 4.12. The number of benzene rings is 2. The van der Waals surface area contributed by atoms with Crippen LogP contribution in [0.4, 0.5) is 14.5 Å². The Kier molecular flexibility index (Phi) is 6.24. The summed E-state index contributed by atoms with van der Waals surface area (Å²) in [5.41, 5.74) is -1.59. The van der Waals surface area contributed by atoms with Crippen LogP contribution in [-0.4, -0.2) is 41.3 Å². The van der Waals surface area contributed by atoms with Crippen LogP contribution in [0.25, 0.3) is 11.0 Å². The average Bonchev–Trinajstić information content (AvgIpc) is 2.78. The third-order valence-electron chi connectivity index (χ3n) is 6.25. The van der Waals surface area contributed by atoms with Crippen molar-refractivity contribution in [2.24, 2.45) is 10.4 Å². The highest BCUT2D eigenvalue weighted by Gasteiger charge is 2.36. The Bertz CT molecular complexity index is 1340. The number of rotatable bonds is 5. The summed E-state index contributed by atoms with van der Waals surface area (Å²) < 4.78 is 33.2.